The fourth-order valence-electron chi connectivity index (χ4n) is 3.71. The number of carbonyl (C=O) groups is 1. The number of carbonyl (C=O) groups excluding carboxylic acids is 1. The number of ketones is 1. The van der Waals surface area contributed by atoms with Crippen LogP contribution in [-0.4, -0.2) is 29.9 Å². The van der Waals surface area contributed by atoms with Crippen LogP contribution in [0.3, 0.4) is 0 Å². The van der Waals surface area contributed by atoms with Crippen LogP contribution < -0.4 is 4.31 Å². The average Bonchev–Trinajstić information content (AvgIpc) is 2.86. The van der Waals surface area contributed by atoms with Crippen molar-refractivity contribution < 1.29 is 13.2 Å². The van der Waals surface area contributed by atoms with E-state index in [9.17, 15) is 13.2 Å². The predicted octanol–water partition coefficient (Wildman–Crippen LogP) is 5.48. The van der Waals surface area contributed by atoms with Crippen LogP contribution in [0.5, 0.6) is 0 Å². The molecule has 0 bridgehead atoms. The van der Waals surface area contributed by atoms with Gasteiger partial charge in [0, 0.05) is 16.1 Å². The third kappa shape index (κ3) is 4.32. The number of halogens is 1. The third-order valence-electron chi connectivity index (χ3n) is 5.40. The van der Waals surface area contributed by atoms with Crippen molar-refractivity contribution in [2.24, 2.45) is 0 Å². The van der Waals surface area contributed by atoms with E-state index in [-0.39, 0.29) is 23.0 Å². The number of hydrogen-bond acceptors (Lipinski definition) is 6. The van der Waals surface area contributed by atoms with Gasteiger partial charge in [-0.1, -0.05) is 84.0 Å². The maximum Gasteiger partial charge on any atom is 0.268 e. The lowest BCUT2D eigenvalue weighted by molar-refractivity contribution is 0.102. The molecule has 170 valence electrons. The van der Waals surface area contributed by atoms with Crippen molar-refractivity contribution in [3.8, 4) is 11.3 Å². The Hall–Kier alpha value is -3.20. The Morgan fingerprint density at radius 1 is 0.941 bits per heavy atom. The second kappa shape index (κ2) is 9.21. The molecule has 1 aromatic heterocycles. The van der Waals surface area contributed by atoms with Gasteiger partial charge in [-0.2, -0.15) is 0 Å². The zero-order valence-corrected chi connectivity index (χ0v) is 20.1. The highest BCUT2D eigenvalue weighted by Gasteiger charge is 2.36. The fraction of sp³-hybridized carbons (Fsp3) is 0.0800. The molecule has 3 aromatic carbocycles. The van der Waals surface area contributed by atoms with E-state index in [0.717, 1.165) is 5.56 Å². The minimum absolute atomic E-state index is 0.0406. The number of aromatic nitrogens is 2. The van der Waals surface area contributed by atoms with Gasteiger partial charge in [-0.05, 0) is 23.8 Å². The van der Waals surface area contributed by atoms with E-state index in [1.54, 1.807) is 48.5 Å². The minimum atomic E-state index is -3.90. The summed E-state index contributed by atoms with van der Waals surface area (Å²) in [6, 6.07) is 23.3. The molecule has 5 rings (SSSR count). The first-order valence-electron chi connectivity index (χ1n) is 10.4. The number of thioether (sulfide) groups is 1. The number of sulfonamides is 1. The maximum absolute atomic E-state index is 13.6. The van der Waals surface area contributed by atoms with Gasteiger partial charge in [0.1, 0.15) is 4.90 Å². The van der Waals surface area contributed by atoms with E-state index < -0.39 is 10.0 Å². The van der Waals surface area contributed by atoms with Gasteiger partial charge in [-0.15, -0.1) is 0 Å². The molecule has 0 aliphatic carbocycles. The smallest absolute Gasteiger partial charge is 0.268 e. The number of Topliss-reactive ketones (excluding diaryl/α,β-unsaturated/α-hetero) is 1. The second-order valence-corrected chi connectivity index (χ2v) is 10.8. The normalized spacial score (nSPS) is 13.7. The number of rotatable bonds is 6. The first-order chi connectivity index (χ1) is 16.4. The average molecular weight is 508 g/mol. The number of hydrogen-bond donors (Lipinski definition) is 0. The van der Waals surface area contributed by atoms with E-state index in [2.05, 4.69) is 9.97 Å². The van der Waals surface area contributed by atoms with Crippen LogP contribution in [-0.2, 0) is 16.6 Å². The molecule has 34 heavy (non-hydrogen) atoms. The summed E-state index contributed by atoms with van der Waals surface area (Å²) in [6.07, 6.45) is 1.33. The van der Waals surface area contributed by atoms with Crippen molar-refractivity contribution in [1.82, 2.24) is 9.97 Å². The largest absolute Gasteiger partial charge is 0.293 e. The quantitative estimate of drug-likeness (QED) is 0.195. The van der Waals surface area contributed by atoms with Gasteiger partial charge in [0.2, 0.25) is 0 Å². The zero-order valence-electron chi connectivity index (χ0n) is 17.8. The minimum Gasteiger partial charge on any atom is -0.293 e. The summed E-state index contributed by atoms with van der Waals surface area (Å²) in [7, 11) is -3.90. The Morgan fingerprint density at radius 2 is 1.65 bits per heavy atom. The summed E-state index contributed by atoms with van der Waals surface area (Å²) in [6.45, 7) is 0.151. The lowest BCUT2D eigenvalue weighted by Gasteiger charge is -2.31. The molecule has 4 aromatic rings. The monoisotopic (exact) mass is 507 g/mol. The zero-order chi connectivity index (χ0) is 23.7. The number of benzene rings is 3. The van der Waals surface area contributed by atoms with Crippen LogP contribution in [0.1, 0.15) is 15.9 Å². The molecule has 0 atom stereocenters. The summed E-state index contributed by atoms with van der Waals surface area (Å²) in [5.74, 6) is 0.106. The van der Waals surface area contributed by atoms with Crippen LogP contribution in [0, 0.1) is 0 Å². The number of fused-ring (bicyclic) bond motifs is 3. The van der Waals surface area contributed by atoms with Crippen molar-refractivity contribution in [2.75, 3.05) is 10.1 Å². The number of nitrogens with zero attached hydrogens (tertiary/aromatic N) is 3. The summed E-state index contributed by atoms with van der Waals surface area (Å²) in [5, 5.41) is 0.930. The molecule has 0 fully saturated rings. The molecule has 0 unspecified atom stereocenters. The fourth-order valence-corrected chi connectivity index (χ4v) is 6.11. The Kier molecular flexibility index (Phi) is 6.12. The summed E-state index contributed by atoms with van der Waals surface area (Å²) >= 11 is 7.16. The third-order valence-corrected chi connectivity index (χ3v) is 8.27. The lowest BCUT2D eigenvalue weighted by atomic mass is 10.1. The van der Waals surface area contributed by atoms with Crippen LogP contribution in [0.25, 0.3) is 11.3 Å². The molecule has 0 saturated heterocycles. The predicted molar refractivity (Wildman–Crippen MR) is 134 cm³/mol. The Labute approximate surface area is 206 Å². The van der Waals surface area contributed by atoms with Gasteiger partial charge >= 0.3 is 0 Å². The van der Waals surface area contributed by atoms with Gasteiger partial charge < -0.3 is 0 Å². The summed E-state index contributed by atoms with van der Waals surface area (Å²) in [4.78, 5) is 21.3. The van der Waals surface area contributed by atoms with E-state index in [1.165, 1.54) is 22.3 Å². The van der Waals surface area contributed by atoms with E-state index in [1.807, 2.05) is 30.3 Å². The van der Waals surface area contributed by atoms with Crippen LogP contribution in [0.15, 0.2) is 95.1 Å². The Bertz CT molecular complexity index is 1480. The van der Waals surface area contributed by atoms with Gasteiger partial charge in [0.05, 0.1) is 29.9 Å². The highest BCUT2D eigenvalue weighted by atomic mass is 35.5. The van der Waals surface area contributed by atoms with E-state index in [4.69, 9.17) is 11.6 Å². The molecule has 0 amide bonds. The molecular formula is C25H18ClN3O3S2. The molecule has 6 nitrogen and oxygen atoms in total. The van der Waals surface area contributed by atoms with Crippen molar-refractivity contribution in [2.45, 2.75) is 16.6 Å². The van der Waals surface area contributed by atoms with E-state index in [0.29, 0.717) is 32.7 Å². The molecule has 0 N–H and O–H groups in total. The summed E-state index contributed by atoms with van der Waals surface area (Å²) in [5.41, 5.74) is 2.99. The highest BCUT2D eigenvalue weighted by molar-refractivity contribution is 7.99. The van der Waals surface area contributed by atoms with Crippen molar-refractivity contribution >= 4 is 44.9 Å². The second-order valence-electron chi connectivity index (χ2n) is 7.60. The molecule has 0 saturated carbocycles. The molecule has 2 heterocycles. The van der Waals surface area contributed by atoms with Crippen LogP contribution >= 0.6 is 23.4 Å². The van der Waals surface area contributed by atoms with Crippen molar-refractivity contribution in [1.29, 1.82) is 0 Å². The molecule has 1 aliphatic heterocycles. The summed E-state index contributed by atoms with van der Waals surface area (Å²) < 4.78 is 28.5. The number of para-hydroxylation sites is 1. The Balaban J connectivity index is 1.48. The first-order valence-corrected chi connectivity index (χ1v) is 13.2. The standard InChI is InChI=1S/C25H18ClN3O3S2/c26-19-12-10-17(11-13-19)15-29-21-9-5-4-8-20(21)24-23(34(29,31)32)14-27-25(28-24)33-16-22(30)18-6-2-1-3-7-18/h1-14H,15-16H2. The van der Waals surface area contributed by atoms with Crippen molar-refractivity contribution in [3.05, 3.63) is 101 Å². The van der Waals surface area contributed by atoms with Gasteiger partial charge in [0.15, 0.2) is 10.9 Å². The van der Waals surface area contributed by atoms with Gasteiger partial charge in [-0.25, -0.2) is 18.4 Å². The maximum atomic E-state index is 13.6. The lowest BCUT2D eigenvalue weighted by Crippen LogP contribution is -2.34. The topological polar surface area (TPSA) is 80.2 Å². The molecule has 9 heteroatoms. The van der Waals surface area contributed by atoms with E-state index >= 15 is 0 Å². The molecule has 1 aliphatic rings. The van der Waals surface area contributed by atoms with Crippen molar-refractivity contribution in [3.63, 3.8) is 0 Å². The SMILES string of the molecule is O=C(CSc1ncc2c(n1)-c1ccccc1N(Cc1ccc(Cl)cc1)S2(=O)=O)c1ccccc1. The van der Waals surface area contributed by atoms with Gasteiger partial charge in [-0.3, -0.25) is 9.10 Å². The van der Waals surface area contributed by atoms with Gasteiger partial charge in [0.25, 0.3) is 10.0 Å². The first kappa shape index (κ1) is 22.6. The Morgan fingerprint density at radius 3 is 2.41 bits per heavy atom. The number of anilines is 1. The highest BCUT2D eigenvalue weighted by Crippen LogP contribution is 2.42. The molecule has 0 radical (unpaired) electrons. The molecular weight excluding hydrogens is 490 g/mol. The van der Waals surface area contributed by atoms with Crippen LogP contribution in [0.4, 0.5) is 5.69 Å². The van der Waals surface area contributed by atoms with Crippen LogP contribution in [0.2, 0.25) is 5.02 Å². The molecule has 0 spiro atoms.